The highest BCUT2D eigenvalue weighted by atomic mass is 16.2. The molecule has 1 aromatic heterocycles. The zero-order chi connectivity index (χ0) is 12.8. The van der Waals surface area contributed by atoms with Crippen molar-refractivity contribution in [2.24, 2.45) is 0 Å². The number of amides is 1. The first-order chi connectivity index (χ1) is 8.81. The number of H-pyrrole nitrogens is 1. The second kappa shape index (κ2) is 6.21. The molecule has 4 heteroatoms. The van der Waals surface area contributed by atoms with Crippen molar-refractivity contribution in [3.63, 3.8) is 0 Å². The molecule has 0 aliphatic rings. The Bertz CT molecular complexity index is 519. The van der Waals surface area contributed by atoms with E-state index in [9.17, 15) is 4.79 Å². The van der Waals surface area contributed by atoms with E-state index in [0.717, 1.165) is 29.3 Å². The maximum Gasteiger partial charge on any atom is 0.224 e. The van der Waals surface area contributed by atoms with Gasteiger partial charge in [-0.05, 0) is 24.5 Å². The molecule has 2 rings (SSSR count). The minimum atomic E-state index is 0.0256. The zero-order valence-corrected chi connectivity index (χ0v) is 10.3. The Morgan fingerprint density at radius 1 is 1.28 bits per heavy atom. The summed E-state index contributed by atoms with van der Waals surface area (Å²) in [7, 11) is 0. The fourth-order valence-corrected chi connectivity index (χ4v) is 1.98. The molecule has 0 atom stereocenters. The summed E-state index contributed by atoms with van der Waals surface area (Å²) in [5.74, 6) is 0.0256. The van der Waals surface area contributed by atoms with Crippen molar-refractivity contribution in [1.29, 1.82) is 0 Å². The number of aromatic nitrogens is 1. The number of rotatable bonds is 6. The van der Waals surface area contributed by atoms with E-state index in [1.165, 1.54) is 0 Å². The van der Waals surface area contributed by atoms with Crippen LogP contribution in [0.2, 0.25) is 0 Å². The first kappa shape index (κ1) is 12.6. The normalized spacial score (nSPS) is 10.7. The summed E-state index contributed by atoms with van der Waals surface area (Å²) in [6.45, 7) is 0.806. The fraction of sp³-hybridized carbons (Fsp3) is 0.357. The Morgan fingerprint density at radius 3 is 2.94 bits per heavy atom. The van der Waals surface area contributed by atoms with Crippen molar-refractivity contribution in [3.8, 4) is 0 Å². The second-order valence-electron chi connectivity index (χ2n) is 4.32. The lowest BCUT2D eigenvalue weighted by atomic mass is 10.1. The first-order valence-corrected chi connectivity index (χ1v) is 6.24. The van der Waals surface area contributed by atoms with E-state index in [0.29, 0.717) is 13.0 Å². The lowest BCUT2D eigenvalue weighted by molar-refractivity contribution is -0.120. The van der Waals surface area contributed by atoms with Crippen molar-refractivity contribution in [3.05, 3.63) is 36.0 Å². The summed E-state index contributed by atoms with van der Waals surface area (Å²) in [5.41, 5.74) is 2.07. The van der Waals surface area contributed by atoms with E-state index < -0.39 is 0 Å². The number of carbonyl (C=O) groups excluding carboxylic acids is 1. The van der Waals surface area contributed by atoms with E-state index in [1.807, 2.05) is 30.5 Å². The van der Waals surface area contributed by atoms with Crippen molar-refractivity contribution >= 4 is 16.8 Å². The van der Waals surface area contributed by atoms with Crippen molar-refractivity contribution < 1.29 is 9.90 Å². The Morgan fingerprint density at radius 2 is 2.11 bits per heavy atom. The molecule has 1 aromatic carbocycles. The van der Waals surface area contributed by atoms with Gasteiger partial charge in [0.15, 0.2) is 0 Å². The van der Waals surface area contributed by atoms with Gasteiger partial charge in [0.05, 0.1) is 6.42 Å². The number of aliphatic hydroxyl groups excluding tert-OH is 1. The fourth-order valence-electron chi connectivity index (χ4n) is 1.98. The molecule has 4 nitrogen and oxygen atoms in total. The van der Waals surface area contributed by atoms with E-state index in [-0.39, 0.29) is 12.5 Å². The van der Waals surface area contributed by atoms with Crippen LogP contribution in [0.25, 0.3) is 10.9 Å². The lowest BCUT2D eigenvalue weighted by Gasteiger charge is -2.03. The minimum absolute atomic E-state index is 0.0256. The number of nitrogens with one attached hydrogen (secondary N) is 2. The summed E-state index contributed by atoms with van der Waals surface area (Å²) in [4.78, 5) is 14.9. The maximum atomic E-state index is 11.7. The van der Waals surface area contributed by atoms with Crippen LogP contribution in [0.15, 0.2) is 30.5 Å². The summed E-state index contributed by atoms with van der Waals surface area (Å²) >= 11 is 0. The SMILES string of the molecule is O=C(Cc1c[nH]c2ccccc12)NCCCCO. The molecule has 0 bridgehead atoms. The van der Waals surface area contributed by atoms with Gasteiger partial charge in [0.25, 0.3) is 0 Å². The highest BCUT2D eigenvalue weighted by molar-refractivity contribution is 5.88. The highest BCUT2D eigenvalue weighted by Crippen LogP contribution is 2.17. The van der Waals surface area contributed by atoms with Gasteiger partial charge in [-0.25, -0.2) is 0 Å². The molecule has 3 N–H and O–H groups in total. The summed E-state index contributed by atoms with van der Waals surface area (Å²) < 4.78 is 0. The summed E-state index contributed by atoms with van der Waals surface area (Å²) in [6, 6.07) is 7.95. The molecule has 0 aliphatic heterocycles. The number of carbonyl (C=O) groups is 1. The van der Waals surface area contributed by atoms with Crippen LogP contribution in [-0.4, -0.2) is 29.1 Å². The minimum Gasteiger partial charge on any atom is -0.396 e. The zero-order valence-electron chi connectivity index (χ0n) is 10.3. The molecule has 1 heterocycles. The molecule has 18 heavy (non-hydrogen) atoms. The van der Waals surface area contributed by atoms with Gasteiger partial charge in [0, 0.05) is 30.3 Å². The monoisotopic (exact) mass is 246 g/mol. The standard InChI is InChI=1S/C14H18N2O2/c17-8-4-3-7-15-14(18)9-11-10-16-13-6-2-1-5-12(11)13/h1-2,5-6,10,16-17H,3-4,7-9H2,(H,15,18). The van der Waals surface area contributed by atoms with Gasteiger partial charge in [0.1, 0.15) is 0 Å². The van der Waals surface area contributed by atoms with Crippen LogP contribution >= 0.6 is 0 Å². The Balaban J connectivity index is 1.91. The number of benzene rings is 1. The van der Waals surface area contributed by atoms with Crippen LogP contribution in [0.4, 0.5) is 0 Å². The van der Waals surface area contributed by atoms with Gasteiger partial charge in [-0.1, -0.05) is 18.2 Å². The largest absolute Gasteiger partial charge is 0.396 e. The van der Waals surface area contributed by atoms with Gasteiger partial charge in [-0.2, -0.15) is 0 Å². The van der Waals surface area contributed by atoms with Crippen LogP contribution in [0.5, 0.6) is 0 Å². The van der Waals surface area contributed by atoms with E-state index in [4.69, 9.17) is 5.11 Å². The number of aromatic amines is 1. The number of hydrogen-bond donors (Lipinski definition) is 3. The average molecular weight is 246 g/mol. The first-order valence-electron chi connectivity index (χ1n) is 6.24. The molecular formula is C14H18N2O2. The highest BCUT2D eigenvalue weighted by Gasteiger charge is 2.07. The third kappa shape index (κ3) is 3.11. The van der Waals surface area contributed by atoms with E-state index >= 15 is 0 Å². The van der Waals surface area contributed by atoms with Crippen molar-refractivity contribution in [1.82, 2.24) is 10.3 Å². The Hall–Kier alpha value is -1.81. The molecule has 0 saturated carbocycles. The third-order valence-electron chi connectivity index (χ3n) is 2.93. The number of unbranched alkanes of at least 4 members (excludes halogenated alkanes) is 1. The summed E-state index contributed by atoms with van der Waals surface area (Å²) in [5, 5.41) is 12.6. The van der Waals surface area contributed by atoms with Crippen molar-refractivity contribution in [2.45, 2.75) is 19.3 Å². The van der Waals surface area contributed by atoms with Crippen molar-refractivity contribution in [2.75, 3.05) is 13.2 Å². The molecule has 0 radical (unpaired) electrons. The molecule has 0 spiro atoms. The number of para-hydroxylation sites is 1. The molecule has 1 amide bonds. The van der Waals surface area contributed by atoms with Gasteiger partial charge < -0.3 is 15.4 Å². The van der Waals surface area contributed by atoms with Gasteiger partial charge >= 0.3 is 0 Å². The predicted octanol–water partition coefficient (Wildman–Crippen LogP) is 1.60. The van der Waals surface area contributed by atoms with Gasteiger partial charge in [-0.3, -0.25) is 4.79 Å². The smallest absolute Gasteiger partial charge is 0.224 e. The molecule has 0 saturated heterocycles. The Labute approximate surface area is 106 Å². The number of hydrogen-bond acceptors (Lipinski definition) is 2. The van der Waals surface area contributed by atoms with Crippen LogP contribution in [0, 0.1) is 0 Å². The quantitative estimate of drug-likeness (QED) is 0.678. The molecule has 0 aliphatic carbocycles. The van der Waals surface area contributed by atoms with E-state index in [1.54, 1.807) is 0 Å². The predicted molar refractivity (Wildman–Crippen MR) is 71.3 cm³/mol. The maximum absolute atomic E-state index is 11.7. The third-order valence-corrected chi connectivity index (χ3v) is 2.93. The molecular weight excluding hydrogens is 228 g/mol. The second-order valence-corrected chi connectivity index (χ2v) is 4.32. The Kier molecular flexibility index (Phi) is 4.36. The molecule has 0 fully saturated rings. The van der Waals surface area contributed by atoms with Crippen LogP contribution < -0.4 is 5.32 Å². The van der Waals surface area contributed by atoms with Gasteiger partial charge in [-0.15, -0.1) is 0 Å². The molecule has 0 unspecified atom stereocenters. The molecule has 96 valence electrons. The van der Waals surface area contributed by atoms with E-state index in [2.05, 4.69) is 10.3 Å². The summed E-state index contributed by atoms with van der Waals surface area (Å²) in [6.07, 6.45) is 3.82. The van der Waals surface area contributed by atoms with Gasteiger partial charge in [0.2, 0.25) is 5.91 Å². The van der Waals surface area contributed by atoms with Crippen LogP contribution in [-0.2, 0) is 11.2 Å². The van der Waals surface area contributed by atoms with Crippen LogP contribution in [0.3, 0.4) is 0 Å². The lowest BCUT2D eigenvalue weighted by Crippen LogP contribution is -2.26. The number of aliphatic hydroxyl groups is 1. The van der Waals surface area contributed by atoms with Crippen LogP contribution in [0.1, 0.15) is 18.4 Å². The average Bonchev–Trinajstić information content (AvgIpc) is 2.78. The molecule has 2 aromatic rings. The number of fused-ring (bicyclic) bond motifs is 1. The topological polar surface area (TPSA) is 65.1 Å².